The van der Waals surface area contributed by atoms with Gasteiger partial charge in [-0.3, -0.25) is 4.57 Å². The van der Waals surface area contributed by atoms with E-state index in [-0.39, 0.29) is 11.2 Å². The molecule has 3 aromatic rings. The van der Waals surface area contributed by atoms with Crippen molar-refractivity contribution in [3.63, 3.8) is 0 Å². The fourth-order valence-electron chi connectivity index (χ4n) is 3.57. The highest BCUT2D eigenvalue weighted by molar-refractivity contribution is 5.80. The summed E-state index contributed by atoms with van der Waals surface area (Å²) in [6.07, 6.45) is 7.62. The maximum Gasteiger partial charge on any atom is 0.191 e. The Bertz CT molecular complexity index is 1020. The van der Waals surface area contributed by atoms with Crippen LogP contribution in [0.25, 0.3) is 5.82 Å². The number of rotatable bonds is 7. The van der Waals surface area contributed by atoms with Gasteiger partial charge in [-0.05, 0) is 56.0 Å². The zero-order chi connectivity index (χ0) is 21.0. The smallest absolute Gasteiger partial charge is 0.191 e. The van der Waals surface area contributed by atoms with Crippen molar-refractivity contribution in [1.82, 2.24) is 25.2 Å². The van der Waals surface area contributed by atoms with Gasteiger partial charge < -0.3 is 10.6 Å². The first-order valence-electron chi connectivity index (χ1n) is 10.3. The summed E-state index contributed by atoms with van der Waals surface area (Å²) in [5.74, 6) is 2.32. The average molecular weight is 407 g/mol. The molecule has 2 N–H and O–H groups in total. The lowest BCUT2D eigenvalue weighted by Gasteiger charge is -2.19. The maximum atomic E-state index is 13.6. The van der Waals surface area contributed by atoms with Crippen molar-refractivity contribution >= 4 is 5.96 Å². The molecule has 1 aliphatic rings. The van der Waals surface area contributed by atoms with E-state index in [2.05, 4.69) is 20.6 Å². The van der Waals surface area contributed by atoms with Gasteiger partial charge in [0, 0.05) is 37.1 Å². The number of aliphatic imine (C=N–C) groups is 1. The molecule has 0 unspecified atom stereocenters. The van der Waals surface area contributed by atoms with Crippen molar-refractivity contribution in [1.29, 1.82) is 0 Å². The third-order valence-electron chi connectivity index (χ3n) is 5.53. The van der Waals surface area contributed by atoms with Crippen LogP contribution in [0.2, 0.25) is 0 Å². The standard InChI is InChI=1S/C23H27FN6/c1-3-25-22(29-16-23(9-10-23)19-5-4-6-20(24)13-19)28-15-18-7-8-21(27-14-18)30-12-11-26-17(30)2/h4-8,11-14H,3,9-10,15-16H2,1-2H3,(H2,25,28,29). The summed E-state index contributed by atoms with van der Waals surface area (Å²) in [5.41, 5.74) is 2.09. The maximum absolute atomic E-state index is 13.6. The second kappa shape index (κ2) is 8.65. The van der Waals surface area contributed by atoms with Gasteiger partial charge >= 0.3 is 0 Å². The quantitative estimate of drug-likeness (QED) is 0.466. The second-order valence-corrected chi connectivity index (χ2v) is 7.71. The van der Waals surface area contributed by atoms with Gasteiger partial charge in [-0.1, -0.05) is 18.2 Å². The van der Waals surface area contributed by atoms with E-state index in [1.54, 1.807) is 18.3 Å². The van der Waals surface area contributed by atoms with Gasteiger partial charge in [-0.25, -0.2) is 19.4 Å². The molecule has 2 heterocycles. The zero-order valence-corrected chi connectivity index (χ0v) is 17.4. The molecule has 1 saturated carbocycles. The van der Waals surface area contributed by atoms with Gasteiger partial charge in [-0.15, -0.1) is 0 Å². The van der Waals surface area contributed by atoms with Gasteiger partial charge in [0.1, 0.15) is 17.5 Å². The van der Waals surface area contributed by atoms with Crippen LogP contribution in [0, 0.1) is 12.7 Å². The Morgan fingerprint density at radius 2 is 2.07 bits per heavy atom. The summed E-state index contributed by atoms with van der Waals surface area (Å²) < 4.78 is 15.6. The first-order chi connectivity index (χ1) is 14.6. The van der Waals surface area contributed by atoms with Crippen LogP contribution in [0.15, 0.2) is 60.0 Å². The monoisotopic (exact) mass is 406 g/mol. The van der Waals surface area contributed by atoms with Crippen molar-refractivity contribution in [3.8, 4) is 5.82 Å². The summed E-state index contributed by atoms with van der Waals surface area (Å²) in [6, 6.07) is 10.9. The van der Waals surface area contributed by atoms with Crippen LogP contribution < -0.4 is 10.6 Å². The number of aryl methyl sites for hydroxylation is 1. The molecule has 0 atom stereocenters. The van der Waals surface area contributed by atoms with Crippen molar-refractivity contribution < 1.29 is 4.39 Å². The molecule has 4 rings (SSSR count). The number of nitrogens with zero attached hydrogens (tertiary/aromatic N) is 4. The molecule has 6 nitrogen and oxygen atoms in total. The molecule has 1 aromatic carbocycles. The number of hydrogen-bond acceptors (Lipinski definition) is 3. The molecule has 0 saturated heterocycles. The predicted molar refractivity (Wildman–Crippen MR) is 116 cm³/mol. The molecular weight excluding hydrogens is 379 g/mol. The molecule has 0 aliphatic heterocycles. The largest absolute Gasteiger partial charge is 0.357 e. The number of benzene rings is 1. The Hall–Kier alpha value is -3.22. The van der Waals surface area contributed by atoms with Gasteiger partial charge in [0.15, 0.2) is 5.96 Å². The van der Waals surface area contributed by atoms with Crippen molar-refractivity contribution in [2.45, 2.75) is 38.6 Å². The van der Waals surface area contributed by atoms with E-state index in [4.69, 9.17) is 4.99 Å². The first kappa shape index (κ1) is 20.1. The molecular formula is C23H27FN6. The Morgan fingerprint density at radius 3 is 2.70 bits per heavy atom. The Morgan fingerprint density at radius 1 is 1.20 bits per heavy atom. The number of nitrogens with one attached hydrogen (secondary N) is 2. The van der Waals surface area contributed by atoms with Crippen LogP contribution >= 0.6 is 0 Å². The number of hydrogen-bond donors (Lipinski definition) is 2. The van der Waals surface area contributed by atoms with E-state index in [1.807, 2.05) is 49.0 Å². The number of halogens is 1. The lowest BCUT2D eigenvalue weighted by Crippen LogP contribution is -2.41. The van der Waals surface area contributed by atoms with Crippen LogP contribution in [0.4, 0.5) is 4.39 Å². The Kier molecular flexibility index (Phi) is 5.79. The van der Waals surface area contributed by atoms with E-state index < -0.39 is 0 Å². The summed E-state index contributed by atoms with van der Waals surface area (Å²) >= 11 is 0. The highest BCUT2D eigenvalue weighted by Crippen LogP contribution is 2.47. The Labute approximate surface area is 176 Å². The molecule has 0 spiro atoms. The summed E-state index contributed by atoms with van der Waals surface area (Å²) in [5, 5.41) is 6.73. The highest BCUT2D eigenvalue weighted by Gasteiger charge is 2.44. The normalized spacial score (nSPS) is 15.1. The van der Waals surface area contributed by atoms with Crippen LogP contribution in [-0.4, -0.2) is 33.6 Å². The molecule has 1 fully saturated rings. The fourth-order valence-corrected chi connectivity index (χ4v) is 3.57. The average Bonchev–Trinajstić information content (AvgIpc) is 3.44. The number of guanidine groups is 1. The second-order valence-electron chi connectivity index (χ2n) is 7.71. The fraction of sp³-hybridized carbons (Fsp3) is 0.348. The summed E-state index contributed by atoms with van der Waals surface area (Å²) in [6.45, 7) is 6.03. The van der Waals surface area contributed by atoms with Crippen LogP contribution in [0.1, 0.15) is 36.7 Å². The SMILES string of the molecule is CCNC(=NCc1ccc(-n2ccnc2C)nc1)NCC1(c2cccc(F)c2)CC1. The minimum atomic E-state index is -0.179. The van der Waals surface area contributed by atoms with E-state index in [0.717, 1.165) is 54.7 Å². The van der Waals surface area contributed by atoms with Crippen LogP contribution in [-0.2, 0) is 12.0 Å². The van der Waals surface area contributed by atoms with Crippen LogP contribution in [0.3, 0.4) is 0 Å². The molecule has 7 heteroatoms. The molecule has 156 valence electrons. The van der Waals surface area contributed by atoms with Gasteiger partial charge in [0.05, 0.1) is 6.54 Å². The number of pyridine rings is 1. The zero-order valence-electron chi connectivity index (χ0n) is 17.4. The third-order valence-corrected chi connectivity index (χ3v) is 5.53. The Balaban J connectivity index is 1.40. The lowest BCUT2D eigenvalue weighted by atomic mass is 9.96. The predicted octanol–water partition coefficient (Wildman–Crippen LogP) is 3.50. The van der Waals surface area contributed by atoms with Gasteiger partial charge in [-0.2, -0.15) is 0 Å². The first-order valence-corrected chi connectivity index (χ1v) is 10.3. The minimum absolute atomic E-state index is 0.00412. The highest BCUT2D eigenvalue weighted by atomic mass is 19.1. The number of aromatic nitrogens is 3. The van der Waals surface area contributed by atoms with E-state index in [9.17, 15) is 4.39 Å². The lowest BCUT2D eigenvalue weighted by molar-refractivity contribution is 0.607. The molecule has 30 heavy (non-hydrogen) atoms. The van der Waals surface area contributed by atoms with Crippen molar-refractivity contribution in [2.75, 3.05) is 13.1 Å². The minimum Gasteiger partial charge on any atom is -0.357 e. The molecule has 1 aliphatic carbocycles. The molecule has 2 aromatic heterocycles. The topological polar surface area (TPSA) is 67.1 Å². The molecule has 0 radical (unpaired) electrons. The van der Waals surface area contributed by atoms with Crippen molar-refractivity contribution in [3.05, 3.63) is 77.8 Å². The van der Waals surface area contributed by atoms with E-state index in [1.165, 1.54) is 6.07 Å². The third kappa shape index (κ3) is 4.50. The molecule has 0 bridgehead atoms. The summed E-state index contributed by atoms with van der Waals surface area (Å²) in [7, 11) is 0. The van der Waals surface area contributed by atoms with E-state index >= 15 is 0 Å². The van der Waals surface area contributed by atoms with Gasteiger partial charge in [0.25, 0.3) is 0 Å². The van der Waals surface area contributed by atoms with Crippen LogP contribution in [0.5, 0.6) is 0 Å². The molecule has 0 amide bonds. The van der Waals surface area contributed by atoms with E-state index in [0.29, 0.717) is 6.54 Å². The summed E-state index contributed by atoms with van der Waals surface area (Å²) in [4.78, 5) is 13.5. The number of imidazole rings is 1. The van der Waals surface area contributed by atoms with Crippen molar-refractivity contribution in [2.24, 2.45) is 4.99 Å². The van der Waals surface area contributed by atoms with Gasteiger partial charge in [0.2, 0.25) is 0 Å².